The van der Waals surface area contributed by atoms with E-state index in [0.717, 1.165) is 37.5 Å². The standard InChI is InChI=1S/C25H54N.C23H48N2O.CH4O4S/c1-5-6-7-8-9-10-11-12-13-14-15-16-17-18-19-20-21-22-23-24-25-26(2,3)4;1-4-5-6-7-8-9-10-11-12-13-14-15-16-17-18-20-23(26)24-21-19-22-25(2)3;1-5-6(2,3)4/h5-25H2,1-4H3;4-22H2,1-3H3,(H,24,26);1H3,(H,2,3,4)/q+1;;/p-1. The van der Waals surface area contributed by atoms with Crippen molar-refractivity contribution in [2.75, 3.05) is 62.0 Å². The molecule has 0 aromatic carbocycles. The quantitative estimate of drug-likeness (QED) is 0.0284. The van der Waals surface area contributed by atoms with Gasteiger partial charge >= 0.3 is 0 Å². The number of unbranched alkanes of at least 4 members (excludes halogenated alkanes) is 33. The Morgan fingerprint density at radius 2 is 0.759 bits per heavy atom. The predicted molar refractivity (Wildman–Crippen MR) is 253 cm³/mol. The average Bonchev–Trinajstić information content (AvgIpc) is 3.17. The fourth-order valence-electron chi connectivity index (χ4n) is 7.21. The van der Waals surface area contributed by atoms with E-state index in [0.29, 0.717) is 6.42 Å². The molecule has 58 heavy (non-hydrogen) atoms. The SMILES string of the molecule is CCCCCCCCCCCCCCCCCC(=O)NCCCN(C)C.CCCCCCCCCCCCCCCCCCCCCC[N+](C)(C)C.COS(=O)(=O)[O-]. The van der Waals surface area contributed by atoms with Gasteiger partial charge in [0.05, 0.1) is 34.8 Å². The molecule has 9 heteroatoms. The number of hydrogen-bond donors (Lipinski definition) is 1. The molecule has 0 aliphatic heterocycles. The van der Waals surface area contributed by atoms with Crippen LogP contribution in [0.25, 0.3) is 0 Å². The fourth-order valence-corrected chi connectivity index (χ4v) is 7.21. The van der Waals surface area contributed by atoms with Gasteiger partial charge in [-0.3, -0.25) is 8.98 Å². The van der Waals surface area contributed by atoms with E-state index in [1.165, 1.54) is 225 Å². The Kier molecular flexibility index (Phi) is 51.9. The van der Waals surface area contributed by atoms with Crippen molar-refractivity contribution < 1.29 is 26.4 Å². The highest BCUT2D eigenvalue weighted by molar-refractivity contribution is 7.80. The van der Waals surface area contributed by atoms with Crippen LogP contribution in [0.1, 0.15) is 251 Å². The largest absolute Gasteiger partial charge is 0.726 e. The van der Waals surface area contributed by atoms with Crippen LogP contribution in [-0.2, 0) is 19.4 Å². The van der Waals surface area contributed by atoms with E-state index in [-0.39, 0.29) is 5.91 Å². The molecule has 0 aliphatic carbocycles. The van der Waals surface area contributed by atoms with Crippen LogP contribution in [0, 0.1) is 0 Å². The van der Waals surface area contributed by atoms with Crippen LogP contribution in [0.2, 0.25) is 0 Å². The van der Waals surface area contributed by atoms with E-state index in [9.17, 15) is 17.8 Å². The molecule has 0 aromatic rings. The Balaban J connectivity index is -0.000000912. The Morgan fingerprint density at radius 3 is 1.00 bits per heavy atom. The molecule has 0 fully saturated rings. The molecule has 0 spiro atoms. The summed E-state index contributed by atoms with van der Waals surface area (Å²) < 4.78 is 32.1. The summed E-state index contributed by atoms with van der Waals surface area (Å²) in [6.07, 6.45) is 51.6. The van der Waals surface area contributed by atoms with E-state index >= 15 is 0 Å². The summed E-state index contributed by atoms with van der Waals surface area (Å²) in [6.45, 7) is 7.77. The van der Waals surface area contributed by atoms with Gasteiger partial charge in [0.2, 0.25) is 16.3 Å². The summed E-state index contributed by atoms with van der Waals surface area (Å²) in [6, 6.07) is 0. The smallest absolute Gasteiger partial charge is 0.219 e. The monoisotopic (exact) mass is 848 g/mol. The molecule has 0 saturated carbocycles. The van der Waals surface area contributed by atoms with Gasteiger partial charge in [-0.2, -0.15) is 0 Å². The lowest BCUT2D eigenvalue weighted by atomic mass is 10.0. The minimum atomic E-state index is -4.41. The van der Waals surface area contributed by atoms with Crippen molar-refractivity contribution >= 4 is 16.3 Å². The highest BCUT2D eigenvalue weighted by Gasteiger charge is 2.05. The van der Waals surface area contributed by atoms with Gasteiger partial charge in [-0.05, 0) is 46.3 Å². The van der Waals surface area contributed by atoms with Crippen molar-refractivity contribution in [3.05, 3.63) is 0 Å². The van der Waals surface area contributed by atoms with Gasteiger partial charge < -0.3 is 19.3 Å². The second-order valence-corrected chi connectivity index (χ2v) is 19.7. The molecule has 0 bridgehead atoms. The first-order valence-electron chi connectivity index (χ1n) is 25.0. The highest BCUT2D eigenvalue weighted by atomic mass is 32.3. The number of rotatable bonds is 42. The summed E-state index contributed by atoms with van der Waals surface area (Å²) in [4.78, 5) is 13.9. The van der Waals surface area contributed by atoms with Crippen molar-refractivity contribution in [1.82, 2.24) is 10.2 Å². The molecule has 352 valence electrons. The Morgan fingerprint density at radius 1 is 0.500 bits per heavy atom. The summed E-state index contributed by atoms with van der Waals surface area (Å²) in [7, 11) is 7.43. The van der Waals surface area contributed by atoms with Gasteiger partial charge in [0.25, 0.3) is 0 Å². The van der Waals surface area contributed by atoms with E-state index in [2.05, 4.69) is 63.5 Å². The first kappa shape index (κ1) is 61.6. The normalized spacial score (nSPS) is 11.6. The first-order valence-corrected chi connectivity index (χ1v) is 26.4. The number of nitrogens with zero attached hydrogens (tertiary/aromatic N) is 2. The van der Waals surface area contributed by atoms with Crippen molar-refractivity contribution in [1.29, 1.82) is 0 Å². The van der Waals surface area contributed by atoms with E-state index in [1.807, 2.05) is 0 Å². The zero-order valence-electron chi connectivity index (χ0n) is 40.6. The molecule has 1 amide bonds. The lowest BCUT2D eigenvalue weighted by Crippen LogP contribution is -2.35. The Bertz CT molecular complexity index is 895. The first-order chi connectivity index (χ1) is 27.8. The van der Waals surface area contributed by atoms with Crippen molar-refractivity contribution in [3.63, 3.8) is 0 Å². The molecule has 0 saturated heterocycles. The molecule has 0 rings (SSSR count). The van der Waals surface area contributed by atoms with Gasteiger partial charge in [0.15, 0.2) is 0 Å². The second kappa shape index (κ2) is 48.9. The molecule has 0 heterocycles. The maximum atomic E-state index is 11.7. The van der Waals surface area contributed by atoms with Gasteiger partial charge in [0.1, 0.15) is 0 Å². The molecular formula is C49H105N3O5S. The number of carbonyl (C=O) groups is 1. The van der Waals surface area contributed by atoms with Crippen molar-refractivity contribution in [2.24, 2.45) is 0 Å². The van der Waals surface area contributed by atoms with Crippen LogP contribution in [0.3, 0.4) is 0 Å². The zero-order chi connectivity index (χ0) is 43.9. The number of carbonyl (C=O) groups excluding carboxylic acids is 1. The molecule has 0 atom stereocenters. The number of quaternary nitrogens is 1. The summed E-state index contributed by atoms with van der Waals surface area (Å²) in [5.41, 5.74) is 0. The third kappa shape index (κ3) is 67.0. The Labute approximate surface area is 365 Å². The van der Waals surface area contributed by atoms with Gasteiger partial charge in [-0.25, -0.2) is 8.42 Å². The summed E-state index contributed by atoms with van der Waals surface area (Å²) in [5.74, 6) is 0.235. The molecule has 0 aliphatic rings. The highest BCUT2D eigenvalue weighted by Crippen LogP contribution is 2.16. The number of hydrogen-bond acceptors (Lipinski definition) is 6. The van der Waals surface area contributed by atoms with Crippen LogP contribution in [0.15, 0.2) is 0 Å². The number of amides is 1. The maximum Gasteiger partial charge on any atom is 0.219 e. The second-order valence-electron chi connectivity index (χ2n) is 18.5. The average molecular weight is 848 g/mol. The van der Waals surface area contributed by atoms with Gasteiger partial charge in [-0.1, -0.05) is 219 Å². The van der Waals surface area contributed by atoms with Crippen LogP contribution in [-0.4, -0.2) is 90.2 Å². The van der Waals surface area contributed by atoms with Crippen molar-refractivity contribution in [3.8, 4) is 0 Å². The topological polar surface area (TPSA) is 98.8 Å². The third-order valence-corrected chi connectivity index (χ3v) is 11.4. The van der Waals surface area contributed by atoms with Gasteiger partial charge in [-0.15, -0.1) is 0 Å². The lowest BCUT2D eigenvalue weighted by Gasteiger charge is -2.23. The maximum absolute atomic E-state index is 11.7. The van der Waals surface area contributed by atoms with Crippen molar-refractivity contribution in [2.45, 2.75) is 251 Å². The molecular weight excluding hydrogens is 743 g/mol. The number of nitrogens with one attached hydrogen (secondary N) is 1. The summed E-state index contributed by atoms with van der Waals surface area (Å²) >= 11 is 0. The van der Waals surface area contributed by atoms with Crippen LogP contribution >= 0.6 is 0 Å². The molecule has 0 aromatic heterocycles. The third-order valence-electron chi connectivity index (χ3n) is 11.0. The Hall–Kier alpha value is -0.740. The summed E-state index contributed by atoms with van der Waals surface area (Å²) in [5, 5.41) is 3.02. The minimum absolute atomic E-state index is 0.235. The molecule has 1 N–H and O–H groups in total. The van der Waals surface area contributed by atoms with E-state index < -0.39 is 10.4 Å². The van der Waals surface area contributed by atoms with Crippen LogP contribution < -0.4 is 5.32 Å². The fraction of sp³-hybridized carbons (Fsp3) is 0.980. The van der Waals surface area contributed by atoms with E-state index in [4.69, 9.17) is 0 Å². The lowest BCUT2D eigenvalue weighted by molar-refractivity contribution is -0.870. The van der Waals surface area contributed by atoms with E-state index in [1.54, 1.807) is 0 Å². The van der Waals surface area contributed by atoms with Crippen LogP contribution in [0.5, 0.6) is 0 Å². The molecule has 8 nitrogen and oxygen atoms in total. The minimum Gasteiger partial charge on any atom is -0.726 e. The molecule has 0 radical (unpaired) electrons. The van der Waals surface area contributed by atoms with Gasteiger partial charge in [0, 0.05) is 13.0 Å². The molecule has 0 unspecified atom stereocenters. The zero-order valence-corrected chi connectivity index (χ0v) is 41.4. The van der Waals surface area contributed by atoms with Crippen LogP contribution in [0.4, 0.5) is 0 Å². The predicted octanol–water partition coefficient (Wildman–Crippen LogP) is 13.9.